The fourth-order valence-corrected chi connectivity index (χ4v) is 5.18. The number of benzene rings is 7. The second-order valence-corrected chi connectivity index (χ2v) is 9.02. The van der Waals surface area contributed by atoms with Crippen molar-refractivity contribution in [2.24, 2.45) is 0 Å². The van der Waals surface area contributed by atoms with Gasteiger partial charge in [0.05, 0.1) is 38.4 Å². The minimum Gasteiger partial charge on any atom is -0.456 e. The zero-order valence-corrected chi connectivity index (χ0v) is 20.1. The van der Waals surface area contributed by atoms with Crippen LogP contribution in [0.3, 0.4) is 0 Å². The van der Waals surface area contributed by atoms with Crippen LogP contribution in [0.15, 0.2) is 139 Å². The van der Waals surface area contributed by atoms with E-state index in [1.165, 1.54) is 18.2 Å². The van der Waals surface area contributed by atoms with Gasteiger partial charge in [0.15, 0.2) is 0 Å². The molecule has 0 bridgehead atoms. The monoisotopic (exact) mass is 529 g/mol. The zero-order chi connectivity index (χ0) is 43.6. The van der Waals surface area contributed by atoms with Gasteiger partial charge in [-0.15, -0.1) is 0 Å². The molecule has 0 radical (unpaired) electrons. The molecule has 186 valence electrons. The third-order valence-corrected chi connectivity index (χ3v) is 6.89. The molecule has 9 rings (SSSR count). The SMILES string of the molecule is [2H]c1c([2H])c([2H])c(-n2c3c([2H])c(-c4ccc5c(c4)-c4c([2H])c([2H])c([2H])c6c([2H])c([2H])c([2H])c(c46)O5)c([2H])c([2H])c3c3c([2H])c([2H])c4c([2H])c([2H])c([2H])c([2H])c4c32)c([2H])c1[2H]. The highest BCUT2D eigenvalue weighted by molar-refractivity contribution is 6.19. The molecular formula is C38H23NO. The summed E-state index contributed by atoms with van der Waals surface area (Å²) in [5.74, 6) is -0.196. The maximum absolute atomic E-state index is 9.76. The lowest BCUT2D eigenvalue weighted by Gasteiger charge is -2.22. The van der Waals surface area contributed by atoms with Crippen molar-refractivity contribution in [1.82, 2.24) is 4.57 Å². The summed E-state index contributed by atoms with van der Waals surface area (Å²) in [4.78, 5) is 0. The summed E-state index contributed by atoms with van der Waals surface area (Å²) in [5.41, 5.74) is -1.61. The molecule has 1 aliphatic heterocycles. The number of nitrogens with zero attached hydrogens (tertiary/aromatic N) is 1. The van der Waals surface area contributed by atoms with Crippen LogP contribution in [0, 0.1) is 0 Å². The van der Waals surface area contributed by atoms with Crippen LogP contribution in [0.5, 0.6) is 11.5 Å². The van der Waals surface area contributed by atoms with E-state index in [9.17, 15) is 4.11 Å². The summed E-state index contributed by atoms with van der Waals surface area (Å²) in [7, 11) is 0. The van der Waals surface area contributed by atoms with Crippen molar-refractivity contribution >= 4 is 43.4 Å². The van der Waals surface area contributed by atoms with Crippen LogP contribution >= 0.6 is 0 Å². The Morgan fingerprint density at radius 3 is 2.27 bits per heavy atom. The highest BCUT2D eigenvalue weighted by Crippen LogP contribution is 2.47. The fraction of sp³-hybridized carbons (Fsp3) is 0. The maximum Gasteiger partial charge on any atom is 0.135 e. The lowest BCUT2D eigenvalue weighted by Crippen LogP contribution is -1.97. The average molecular weight is 530 g/mol. The molecule has 0 saturated heterocycles. The van der Waals surface area contributed by atoms with Crippen LogP contribution in [-0.4, -0.2) is 4.57 Å². The number of fused-ring (bicyclic) bond motifs is 7. The molecule has 2 heteroatoms. The molecule has 7 aromatic carbocycles. The summed E-state index contributed by atoms with van der Waals surface area (Å²) in [6.45, 7) is 0. The topological polar surface area (TPSA) is 14.2 Å². The standard InChI is InChI=1S/C38H23NO/c1-2-11-28(12-3-1)39-34-23-27(17-19-30(34)32-20-16-24-8-4-5-13-29(24)38(32)39)26-18-21-35-33(22-26)31-14-6-9-25-10-7-15-36(40-35)37(25)31/h1-23H/i1D,2D,3D,4D,5D,6D,7D,8D,9D,10D,11D,12D,13D,14D,15D,16D,17D,19D,20D,23D. The van der Waals surface area contributed by atoms with E-state index in [0.29, 0.717) is 0 Å². The molecule has 0 amide bonds. The van der Waals surface area contributed by atoms with Crippen LogP contribution in [0.25, 0.3) is 71.3 Å². The van der Waals surface area contributed by atoms with Crippen molar-refractivity contribution in [3.8, 4) is 39.4 Å². The molecule has 0 unspecified atom stereocenters. The Balaban J connectivity index is 1.50. The van der Waals surface area contributed by atoms with Crippen molar-refractivity contribution in [3.63, 3.8) is 0 Å². The number of aromatic nitrogens is 1. The lowest BCUT2D eigenvalue weighted by atomic mass is 9.92. The van der Waals surface area contributed by atoms with E-state index in [4.69, 9.17) is 28.0 Å². The smallest absolute Gasteiger partial charge is 0.135 e. The van der Waals surface area contributed by atoms with Crippen LogP contribution in [0.4, 0.5) is 0 Å². The molecular weight excluding hydrogens is 486 g/mol. The van der Waals surface area contributed by atoms with Gasteiger partial charge in [-0.05, 0) is 63.8 Å². The van der Waals surface area contributed by atoms with Crippen molar-refractivity contribution in [1.29, 1.82) is 0 Å². The second kappa shape index (κ2) is 8.08. The molecule has 8 aromatic rings. The second-order valence-electron chi connectivity index (χ2n) is 9.02. The number of ether oxygens (including phenoxy) is 1. The van der Waals surface area contributed by atoms with Gasteiger partial charge in [0, 0.05) is 32.8 Å². The molecule has 1 aliphatic rings. The number of hydrogen-bond donors (Lipinski definition) is 0. The van der Waals surface area contributed by atoms with Gasteiger partial charge in [-0.2, -0.15) is 0 Å². The Labute approximate surface area is 259 Å². The van der Waals surface area contributed by atoms with Gasteiger partial charge in [0.1, 0.15) is 11.5 Å². The van der Waals surface area contributed by atoms with Gasteiger partial charge in [-0.3, -0.25) is 0 Å². The predicted molar refractivity (Wildman–Crippen MR) is 167 cm³/mol. The molecule has 0 fully saturated rings. The molecule has 0 spiro atoms. The van der Waals surface area contributed by atoms with Crippen molar-refractivity contribution in [2.75, 3.05) is 0 Å². The molecule has 0 aliphatic carbocycles. The summed E-state index contributed by atoms with van der Waals surface area (Å²) >= 11 is 0. The van der Waals surface area contributed by atoms with Gasteiger partial charge < -0.3 is 9.30 Å². The van der Waals surface area contributed by atoms with Crippen LogP contribution in [0.2, 0.25) is 0 Å². The minimum absolute atomic E-state index is 0.0183. The highest BCUT2D eigenvalue weighted by atomic mass is 16.5. The first-order chi connectivity index (χ1) is 28.2. The van der Waals surface area contributed by atoms with E-state index in [1.807, 2.05) is 0 Å². The van der Waals surface area contributed by atoms with E-state index in [2.05, 4.69) is 0 Å². The van der Waals surface area contributed by atoms with Crippen LogP contribution in [-0.2, 0) is 0 Å². The first kappa shape index (κ1) is 10.0. The predicted octanol–water partition coefficient (Wildman–Crippen LogP) is 10.5. The van der Waals surface area contributed by atoms with Gasteiger partial charge in [-0.1, -0.05) is 103 Å². The van der Waals surface area contributed by atoms with Gasteiger partial charge in [0.2, 0.25) is 0 Å². The van der Waals surface area contributed by atoms with Gasteiger partial charge >= 0.3 is 0 Å². The first-order valence-corrected chi connectivity index (χ1v) is 12.1. The summed E-state index contributed by atoms with van der Waals surface area (Å²) < 4.78 is 183. The quantitative estimate of drug-likeness (QED) is 0.217. The molecule has 2 heterocycles. The van der Waals surface area contributed by atoms with E-state index in [-0.39, 0.29) is 60.8 Å². The first-order valence-electron chi connectivity index (χ1n) is 22.1. The Morgan fingerprint density at radius 2 is 1.35 bits per heavy atom. The number of hydrogen-bond acceptors (Lipinski definition) is 1. The minimum atomic E-state index is -0.811. The lowest BCUT2D eigenvalue weighted by molar-refractivity contribution is 0.487. The van der Waals surface area contributed by atoms with E-state index >= 15 is 0 Å². The molecule has 0 N–H and O–H groups in total. The largest absolute Gasteiger partial charge is 0.456 e. The van der Waals surface area contributed by atoms with Crippen LogP contribution < -0.4 is 4.74 Å². The maximum atomic E-state index is 9.76. The van der Waals surface area contributed by atoms with E-state index < -0.39 is 143 Å². The summed E-state index contributed by atoms with van der Waals surface area (Å²) in [6, 6.07) is -9.24. The Kier molecular flexibility index (Phi) is 2.02. The van der Waals surface area contributed by atoms with Crippen molar-refractivity contribution < 1.29 is 32.2 Å². The fourth-order valence-electron chi connectivity index (χ4n) is 5.18. The van der Waals surface area contributed by atoms with Crippen molar-refractivity contribution in [3.05, 3.63) is 139 Å². The molecule has 0 atom stereocenters. The number of rotatable bonds is 2. The van der Waals surface area contributed by atoms with E-state index in [1.54, 1.807) is 0 Å². The molecule has 40 heavy (non-hydrogen) atoms. The third kappa shape index (κ3) is 2.99. The van der Waals surface area contributed by atoms with Crippen LogP contribution in [0.1, 0.15) is 27.4 Å². The summed E-state index contributed by atoms with van der Waals surface area (Å²) in [5, 5.41) is -1.79. The van der Waals surface area contributed by atoms with Gasteiger partial charge in [0.25, 0.3) is 0 Å². The normalized spacial score (nSPS) is 19.2. The highest BCUT2D eigenvalue weighted by Gasteiger charge is 2.21. The third-order valence-electron chi connectivity index (χ3n) is 6.89. The van der Waals surface area contributed by atoms with Crippen molar-refractivity contribution in [2.45, 2.75) is 0 Å². The Bertz CT molecular complexity index is 3370. The van der Waals surface area contributed by atoms with Gasteiger partial charge in [-0.25, -0.2) is 0 Å². The number of para-hydroxylation sites is 1. The molecule has 0 saturated carbocycles. The van der Waals surface area contributed by atoms with E-state index in [0.717, 1.165) is 4.57 Å². The average Bonchev–Trinajstić information content (AvgIpc) is 3.57. The molecule has 2 nitrogen and oxygen atoms in total. The summed E-state index contributed by atoms with van der Waals surface area (Å²) in [6.07, 6.45) is 0. The molecule has 1 aromatic heterocycles. The zero-order valence-electron chi connectivity index (χ0n) is 40.1. The Hall–Kier alpha value is -5.34. The Morgan fingerprint density at radius 1 is 0.550 bits per heavy atom.